The van der Waals surface area contributed by atoms with E-state index in [9.17, 15) is 20.1 Å². The summed E-state index contributed by atoms with van der Waals surface area (Å²) in [6, 6.07) is -0.124. The van der Waals surface area contributed by atoms with Gasteiger partial charge in [0.25, 0.3) is 5.91 Å². The van der Waals surface area contributed by atoms with Gasteiger partial charge in [0.15, 0.2) is 5.82 Å². The van der Waals surface area contributed by atoms with Crippen LogP contribution in [-0.4, -0.2) is 96.1 Å². The molecule has 4 heterocycles. The van der Waals surface area contributed by atoms with Crippen molar-refractivity contribution in [3.05, 3.63) is 36.5 Å². The molecule has 1 saturated heterocycles. The number of carbonyl (C=O) groups excluding carboxylic acids is 1. The van der Waals surface area contributed by atoms with Crippen molar-refractivity contribution in [2.75, 3.05) is 37.1 Å². The lowest BCUT2D eigenvalue weighted by molar-refractivity contribution is -0.325. The lowest BCUT2D eigenvalue weighted by atomic mass is 9.90. The third kappa shape index (κ3) is 6.34. The molecule has 1 aliphatic carbocycles. The second-order valence-corrected chi connectivity index (χ2v) is 9.83. The maximum atomic E-state index is 13.0. The molecule has 5 rings (SSSR count). The van der Waals surface area contributed by atoms with Crippen molar-refractivity contribution >= 4 is 17.7 Å². The number of aromatic nitrogens is 6. The van der Waals surface area contributed by atoms with Crippen LogP contribution in [-0.2, 0) is 27.3 Å². The fourth-order valence-corrected chi connectivity index (χ4v) is 4.72. The molecule has 3 aromatic heterocycles. The van der Waals surface area contributed by atoms with Gasteiger partial charge in [0, 0.05) is 44.2 Å². The van der Waals surface area contributed by atoms with Gasteiger partial charge >= 0.3 is 5.97 Å². The van der Waals surface area contributed by atoms with Gasteiger partial charge in [-0.25, -0.2) is 9.97 Å². The SMILES string of the molecule is COCC(=O)N(c1cnc(-c2cnn(C)c2)cn1)[C@H]1CC[C@H](Nc2ncc(C(O)(O)O)c(OC3COC3)n2)CC1. The van der Waals surface area contributed by atoms with Crippen LogP contribution >= 0.6 is 0 Å². The van der Waals surface area contributed by atoms with Crippen molar-refractivity contribution in [2.24, 2.45) is 7.05 Å². The molecule has 1 aliphatic heterocycles. The standard InChI is InChI=1S/C25H32N8O7/c1-32-11-15(7-29-32)20-9-27-21(10-26-20)33(22(34)14-38-2)17-5-3-16(4-6-17)30-24-28-8-19(25(35,36)37)23(31-24)40-18-12-39-13-18/h7-11,16-18,35-37H,3-6,12-14H2,1-2H3,(H,28,30,31)/t16-,17-. The Morgan fingerprint density at radius 2 is 1.90 bits per heavy atom. The van der Waals surface area contributed by atoms with Crippen LogP contribution in [0.25, 0.3) is 11.3 Å². The molecule has 4 N–H and O–H groups in total. The summed E-state index contributed by atoms with van der Waals surface area (Å²) < 4.78 is 17.5. The molecule has 15 nitrogen and oxygen atoms in total. The van der Waals surface area contributed by atoms with E-state index in [-0.39, 0.29) is 48.1 Å². The Kier molecular flexibility index (Phi) is 8.18. The molecule has 2 fully saturated rings. The quantitative estimate of drug-likeness (QED) is 0.243. The van der Waals surface area contributed by atoms with Crippen LogP contribution in [0.3, 0.4) is 0 Å². The summed E-state index contributed by atoms with van der Waals surface area (Å²) in [5, 5.41) is 36.4. The lowest BCUT2D eigenvalue weighted by Crippen LogP contribution is -2.46. The molecule has 0 bridgehead atoms. The zero-order chi connectivity index (χ0) is 28.3. The van der Waals surface area contributed by atoms with Gasteiger partial charge in [0.05, 0.1) is 37.5 Å². The minimum Gasteiger partial charge on any atom is -0.469 e. The highest BCUT2D eigenvalue weighted by molar-refractivity contribution is 5.94. The fourth-order valence-electron chi connectivity index (χ4n) is 4.72. The minimum atomic E-state index is -3.15. The first-order valence-electron chi connectivity index (χ1n) is 12.9. The van der Waals surface area contributed by atoms with Gasteiger partial charge in [-0.15, -0.1) is 0 Å². The number of hydrogen-bond acceptors (Lipinski definition) is 13. The monoisotopic (exact) mass is 556 g/mol. The van der Waals surface area contributed by atoms with E-state index in [1.807, 2.05) is 13.2 Å². The number of ether oxygens (including phenoxy) is 3. The molecule has 214 valence electrons. The summed E-state index contributed by atoms with van der Waals surface area (Å²) in [5.74, 6) is -2.82. The number of nitrogens with zero attached hydrogens (tertiary/aromatic N) is 7. The molecule has 3 aromatic rings. The van der Waals surface area contributed by atoms with E-state index in [0.29, 0.717) is 50.4 Å². The highest BCUT2D eigenvalue weighted by Crippen LogP contribution is 2.31. The third-order valence-electron chi connectivity index (χ3n) is 6.82. The first-order chi connectivity index (χ1) is 19.2. The first kappa shape index (κ1) is 27.8. The summed E-state index contributed by atoms with van der Waals surface area (Å²) in [6.45, 7) is 0.585. The molecule has 0 unspecified atom stereocenters. The predicted octanol–water partition coefficient (Wildman–Crippen LogP) is -0.0654. The smallest absolute Gasteiger partial charge is 0.311 e. The number of aliphatic hydroxyl groups is 3. The molecule has 2 aliphatic rings. The van der Waals surface area contributed by atoms with Crippen molar-refractivity contribution in [1.82, 2.24) is 29.7 Å². The van der Waals surface area contributed by atoms with Crippen molar-refractivity contribution in [3.63, 3.8) is 0 Å². The Balaban J connectivity index is 1.26. The molecule has 0 spiro atoms. The van der Waals surface area contributed by atoms with E-state index in [1.54, 1.807) is 28.2 Å². The van der Waals surface area contributed by atoms with Crippen LogP contribution in [0.2, 0.25) is 0 Å². The van der Waals surface area contributed by atoms with Crippen LogP contribution in [0, 0.1) is 0 Å². The van der Waals surface area contributed by atoms with Gasteiger partial charge in [-0.3, -0.25) is 19.4 Å². The topological polar surface area (TPSA) is 190 Å². The normalized spacial score (nSPS) is 19.6. The van der Waals surface area contributed by atoms with E-state index in [2.05, 4.69) is 30.4 Å². The average molecular weight is 557 g/mol. The summed E-state index contributed by atoms with van der Waals surface area (Å²) in [6.07, 6.45) is 10.3. The van der Waals surface area contributed by atoms with Crippen molar-refractivity contribution in [3.8, 4) is 17.1 Å². The van der Waals surface area contributed by atoms with Crippen molar-refractivity contribution in [1.29, 1.82) is 0 Å². The van der Waals surface area contributed by atoms with Gasteiger partial charge < -0.3 is 34.8 Å². The van der Waals surface area contributed by atoms with Gasteiger partial charge in [0.1, 0.15) is 18.3 Å². The molecular weight excluding hydrogens is 524 g/mol. The van der Waals surface area contributed by atoms with Crippen LogP contribution in [0.15, 0.2) is 31.0 Å². The maximum absolute atomic E-state index is 13.0. The van der Waals surface area contributed by atoms with Crippen molar-refractivity contribution < 1.29 is 34.3 Å². The summed E-state index contributed by atoms with van der Waals surface area (Å²) in [7, 11) is 3.30. The number of nitrogens with one attached hydrogen (secondary N) is 1. The number of carbonyl (C=O) groups is 1. The van der Waals surface area contributed by atoms with Gasteiger partial charge in [-0.1, -0.05) is 0 Å². The predicted molar refractivity (Wildman–Crippen MR) is 139 cm³/mol. The minimum absolute atomic E-state index is 0.0115. The molecule has 40 heavy (non-hydrogen) atoms. The molecule has 15 heteroatoms. The largest absolute Gasteiger partial charge is 0.469 e. The number of hydrogen-bond donors (Lipinski definition) is 4. The van der Waals surface area contributed by atoms with E-state index >= 15 is 0 Å². The van der Waals surface area contributed by atoms with E-state index in [4.69, 9.17) is 14.2 Å². The zero-order valence-electron chi connectivity index (χ0n) is 22.2. The van der Waals surface area contributed by atoms with Gasteiger partial charge in [-0.2, -0.15) is 10.1 Å². The Morgan fingerprint density at radius 3 is 2.48 bits per heavy atom. The number of amides is 1. The van der Waals surface area contributed by atoms with Crippen molar-refractivity contribution in [2.45, 2.75) is 49.8 Å². The number of anilines is 2. The molecule has 1 saturated carbocycles. The fraction of sp³-hybridized carbons (Fsp3) is 0.520. The second-order valence-electron chi connectivity index (χ2n) is 9.83. The first-order valence-corrected chi connectivity index (χ1v) is 12.9. The van der Waals surface area contributed by atoms with Crippen LogP contribution in [0.4, 0.5) is 11.8 Å². The average Bonchev–Trinajstić information content (AvgIpc) is 3.34. The van der Waals surface area contributed by atoms with E-state index in [0.717, 1.165) is 11.8 Å². The molecule has 1 amide bonds. The number of rotatable bonds is 10. The second kappa shape index (κ2) is 11.8. The van der Waals surface area contributed by atoms with Gasteiger partial charge in [-0.05, 0) is 25.7 Å². The Hall–Kier alpha value is -3.76. The Bertz CT molecular complexity index is 1300. The van der Waals surface area contributed by atoms with Crippen LogP contribution in [0.1, 0.15) is 31.2 Å². The highest BCUT2D eigenvalue weighted by Gasteiger charge is 2.34. The third-order valence-corrected chi connectivity index (χ3v) is 6.82. The molecular formula is C25H32N8O7. The lowest BCUT2D eigenvalue weighted by Gasteiger charge is -2.36. The van der Waals surface area contributed by atoms with Crippen LogP contribution < -0.4 is 15.0 Å². The van der Waals surface area contributed by atoms with E-state index < -0.39 is 5.97 Å². The van der Waals surface area contributed by atoms with Gasteiger partial charge in [0.2, 0.25) is 11.8 Å². The van der Waals surface area contributed by atoms with E-state index in [1.165, 1.54) is 7.11 Å². The Labute approximate surface area is 229 Å². The highest BCUT2D eigenvalue weighted by atomic mass is 16.7. The maximum Gasteiger partial charge on any atom is 0.311 e. The molecule has 0 atom stereocenters. The molecule has 0 radical (unpaired) electrons. The number of methoxy groups -OCH3 is 1. The Morgan fingerprint density at radius 1 is 1.12 bits per heavy atom. The zero-order valence-corrected chi connectivity index (χ0v) is 22.2. The number of aryl methyl sites for hydroxylation is 1. The molecule has 0 aromatic carbocycles. The summed E-state index contributed by atoms with van der Waals surface area (Å²) in [5.41, 5.74) is 1.12. The summed E-state index contributed by atoms with van der Waals surface area (Å²) in [4.78, 5) is 32.1. The van der Waals surface area contributed by atoms with Crippen LogP contribution in [0.5, 0.6) is 5.88 Å². The summed E-state index contributed by atoms with van der Waals surface area (Å²) >= 11 is 0.